The number of fused-ring (bicyclic) bond motifs is 1. The molecule has 0 fully saturated rings. The van der Waals surface area contributed by atoms with Crippen molar-refractivity contribution in [3.63, 3.8) is 0 Å². The van der Waals surface area contributed by atoms with E-state index in [0.717, 1.165) is 28.6 Å². The average Bonchev–Trinajstić information content (AvgIpc) is 2.66. The molecule has 0 aliphatic heterocycles. The van der Waals surface area contributed by atoms with E-state index in [-0.39, 0.29) is 11.8 Å². The number of hydrogen-bond donors (Lipinski definition) is 2. The van der Waals surface area contributed by atoms with Gasteiger partial charge in [-0.05, 0) is 26.5 Å². The molecule has 0 aliphatic rings. The highest BCUT2D eigenvalue weighted by atomic mass is 16.1. The minimum absolute atomic E-state index is 0.104. The van der Waals surface area contributed by atoms with Crippen molar-refractivity contribution in [2.45, 2.75) is 26.3 Å². The number of para-hydroxylation sites is 1. The lowest BCUT2D eigenvalue weighted by atomic mass is 9.99. The van der Waals surface area contributed by atoms with Crippen molar-refractivity contribution < 1.29 is 4.79 Å². The highest BCUT2D eigenvalue weighted by Crippen LogP contribution is 2.23. The number of likely N-dealkylation sites (N-methyl/N-ethyl adjacent to an activating group) is 1. The van der Waals surface area contributed by atoms with Crippen LogP contribution in [0.2, 0.25) is 0 Å². The molecule has 1 atom stereocenters. The fourth-order valence-corrected chi connectivity index (χ4v) is 2.29. The fraction of sp³-hybridized carbons (Fsp3) is 0.357. The predicted molar refractivity (Wildman–Crippen MR) is 70.5 cm³/mol. The molecule has 0 bridgehead atoms. The first kappa shape index (κ1) is 11.9. The molecule has 0 amide bonds. The first-order chi connectivity index (χ1) is 8.19. The van der Waals surface area contributed by atoms with Crippen molar-refractivity contribution in [2.75, 3.05) is 7.05 Å². The van der Waals surface area contributed by atoms with Gasteiger partial charge >= 0.3 is 0 Å². The molecule has 1 aromatic heterocycles. The summed E-state index contributed by atoms with van der Waals surface area (Å²) in [6.45, 7) is 3.97. The van der Waals surface area contributed by atoms with Gasteiger partial charge in [-0.2, -0.15) is 0 Å². The minimum Gasteiger partial charge on any atom is -0.358 e. The first-order valence-electron chi connectivity index (χ1n) is 5.97. The summed E-state index contributed by atoms with van der Waals surface area (Å²) in [5.74, 6) is 0.171. The largest absolute Gasteiger partial charge is 0.358 e. The van der Waals surface area contributed by atoms with E-state index in [1.54, 1.807) is 0 Å². The van der Waals surface area contributed by atoms with E-state index < -0.39 is 0 Å². The third-order valence-corrected chi connectivity index (χ3v) is 3.21. The molecule has 0 saturated carbocycles. The van der Waals surface area contributed by atoms with Gasteiger partial charge in [0.05, 0.1) is 6.04 Å². The number of ketones is 1. The summed E-state index contributed by atoms with van der Waals surface area (Å²) in [7, 11) is 1.83. The van der Waals surface area contributed by atoms with Crippen molar-refractivity contribution in [1.82, 2.24) is 10.3 Å². The molecule has 0 aliphatic carbocycles. The van der Waals surface area contributed by atoms with E-state index in [9.17, 15) is 4.79 Å². The molecule has 2 rings (SSSR count). The SMILES string of the molecule is CCC(NC)C(=O)c1c(C)[nH]c2ccccc12. The van der Waals surface area contributed by atoms with Crippen molar-refractivity contribution in [3.8, 4) is 0 Å². The van der Waals surface area contributed by atoms with Gasteiger partial charge in [0.1, 0.15) is 0 Å². The number of H-pyrrole nitrogens is 1. The van der Waals surface area contributed by atoms with Gasteiger partial charge in [0.2, 0.25) is 0 Å². The van der Waals surface area contributed by atoms with Gasteiger partial charge in [-0.3, -0.25) is 4.79 Å². The average molecular weight is 230 g/mol. The number of aryl methyl sites for hydroxylation is 1. The van der Waals surface area contributed by atoms with Crippen LogP contribution < -0.4 is 5.32 Å². The van der Waals surface area contributed by atoms with Crippen LogP contribution in [0.15, 0.2) is 24.3 Å². The Morgan fingerprint density at radius 3 is 2.76 bits per heavy atom. The predicted octanol–water partition coefficient (Wildman–Crippen LogP) is 2.66. The summed E-state index contributed by atoms with van der Waals surface area (Å²) < 4.78 is 0. The van der Waals surface area contributed by atoms with Crippen molar-refractivity contribution >= 4 is 16.7 Å². The van der Waals surface area contributed by atoms with Crippen LogP contribution in [0.4, 0.5) is 0 Å². The second-order valence-electron chi connectivity index (χ2n) is 4.28. The molecule has 17 heavy (non-hydrogen) atoms. The van der Waals surface area contributed by atoms with Gasteiger partial charge in [-0.15, -0.1) is 0 Å². The number of carbonyl (C=O) groups is 1. The van der Waals surface area contributed by atoms with Gasteiger partial charge in [-0.25, -0.2) is 0 Å². The maximum absolute atomic E-state index is 12.4. The number of aromatic nitrogens is 1. The van der Waals surface area contributed by atoms with Crippen molar-refractivity contribution in [1.29, 1.82) is 0 Å². The Balaban J connectivity index is 2.54. The molecule has 0 radical (unpaired) electrons. The maximum atomic E-state index is 12.4. The lowest BCUT2D eigenvalue weighted by Gasteiger charge is -2.12. The van der Waals surface area contributed by atoms with E-state index in [4.69, 9.17) is 0 Å². The highest BCUT2D eigenvalue weighted by molar-refractivity contribution is 6.11. The van der Waals surface area contributed by atoms with Crippen LogP contribution >= 0.6 is 0 Å². The quantitative estimate of drug-likeness (QED) is 0.793. The Kier molecular flexibility index (Phi) is 3.29. The van der Waals surface area contributed by atoms with Gasteiger partial charge < -0.3 is 10.3 Å². The van der Waals surface area contributed by atoms with Gasteiger partial charge in [0.25, 0.3) is 0 Å². The summed E-state index contributed by atoms with van der Waals surface area (Å²) in [5, 5.41) is 4.09. The zero-order valence-corrected chi connectivity index (χ0v) is 10.5. The van der Waals surface area contributed by atoms with Crippen molar-refractivity contribution in [3.05, 3.63) is 35.5 Å². The molecule has 2 N–H and O–H groups in total. The zero-order valence-electron chi connectivity index (χ0n) is 10.5. The van der Waals surface area contributed by atoms with Crippen LogP contribution in [0.1, 0.15) is 29.4 Å². The number of aromatic amines is 1. The summed E-state index contributed by atoms with van der Waals surface area (Å²) in [4.78, 5) is 15.7. The number of rotatable bonds is 4. The van der Waals surface area contributed by atoms with Gasteiger partial charge in [0.15, 0.2) is 5.78 Å². The van der Waals surface area contributed by atoms with Crippen LogP contribution in [0.5, 0.6) is 0 Å². The number of Topliss-reactive ketones (excluding diaryl/α,β-unsaturated/α-hetero) is 1. The summed E-state index contributed by atoms with van der Waals surface area (Å²) in [6.07, 6.45) is 0.800. The molecule has 1 aromatic carbocycles. The van der Waals surface area contributed by atoms with E-state index in [1.807, 2.05) is 45.2 Å². The number of nitrogens with one attached hydrogen (secondary N) is 2. The summed E-state index contributed by atoms with van der Waals surface area (Å²) in [5.41, 5.74) is 2.80. The molecule has 1 unspecified atom stereocenters. The van der Waals surface area contributed by atoms with E-state index in [1.165, 1.54) is 0 Å². The Morgan fingerprint density at radius 1 is 1.41 bits per heavy atom. The second-order valence-corrected chi connectivity index (χ2v) is 4.28. The molecule has 0 saturated heterocycles. The third-order valence-electron chi connectivity index (χ3n) is 3.21. The Bertz CT molecular complexity index is 538. The normalized spacial score (nSPS) is 12.9. The van der Waals surface area contributed by atoms with Crippen LogP contribution in [0, 0.1) is 6.92 Å². The summed E-state index contributed by atoms with van der Waals surface area (Å²) in [6, 6.07) is 7.83. The highest BCUT2D eigenvalue weighted by Gasteiger charge is 2.21. The number of hydrogen-bond acceptors (Lipinski definition) is 2. The lowest BCUT2D eigenvalue weighted by molar-refractivity contribution is 0.0946. The zero-order chi connectivity index (χ0) is 12.4. The Hall–Kier alpha value is -1.61. The van der Waals surface area contributed by atoms with E-state index >= 15 is 0 Å². The smallest absolute Gasteiger partial charge is 0.182 e. The second kappa shape index (κ2) is 4.72. The first-order valence-corrected chi connectivity index (χ1v) is 5.97. The molecular weight excluding hydrogens is 212 g/mol. The van der Waals surface area contributed by atoms with Crippen LogP contribution in [0.3, 0.4) is 0 Å². The molecule has 90 valence electrons. The topological polar surface area (TPSA) is 44.9 Å². The standard InChI is InChI=1S/C14H18N2O/c1-4-11(15-3)14(17)13-9(2)16-12-8-6-5-7-10(12)13/h5-8,11,15-16H,4H2,1-3H3. The lowest BCUT2D eigenvalue weighted by Crippen LogP contribution is -2.33. The monoisotopic (exact) mass is 230 g/mol. The molecule has 0 spiro atoms. The van der Waals surface area contributed by atoms with Crippen LogP contribution in [-0.4, -0.2) is 23.9 Å². The van der Waals surface area contributed by atoms with E-state index in [2.05, 4.69) is 10.3 Å². The van der Waals surface area contributed by atoms with Gasteiger partial charge in [-0.1, -0.05) is 25.1 Å². The molecule has 2 aromatic rings. The summed E-state index contributed by atoms with van der Waals surface area (Å²) >= 11 is 0. The van der Waals surface area contributed by atoms with Crippen LogP contribution in [0.25, 0.3) is 10.9 Å². The fourth-order valence-electron chi connectivity index (χ4n) is 2.29. The number of carbonyl (C=O) groups excluding carboxylic acids is 1. The Morgan fingerprint density at radius 2 is 2.12 bits per heavy atom. The minimum atomic E-state index is -0.104. The molecule has 3 nitrogen and oxygen atoms in total. The number of benzene rings is 1. The van der Waals surface area contributed by atoms with Crippen molar-refractivity contribution in [2.24, 2.45) is 0 Å². The molecular formula is C14H18N2O. The Labute approximate surface area is 101 Å². The third kappa shape index (κ3) is 1.98. The van der Waals surface area contributed by atoms with Crippen LogP contribution in [-0.2, 0) is 0 Å². The van der Waals surface area contributed by atoms with E-state index in [0.29, 0.717) is 0 Å². The molecule has 3 heteroatoms. The molecule has 1 heterocycles. The maximum Gasteiger partial charge on any atom is 0.182 e. The van der Waals surface area contributed by atoms with Gasteiger partial charge in [0, 0.05) is 22.2 Å².